The van der Waals surface area contributed by atoms with E-state index in [0.717, 1.165) is 12.8 Å². The van der Waals surface area contributed by atoms with Crippen LogP contribution in [-0.2, 0) is 10.0 Å². The van der Waals surface area contributed by atoms with Crippen molar-refractivity contribution < 1.29 is 22.7 Å². The van der Waals surface area contributed by atoms with Crippen LogP contribution in [0.5, 0.6) is 0 Å². The zero-order valence-corrected chi connectivity index (χ0v) is 17.2. The van der Waals surface area contributed by atoms with Crippen molar-refractivity contribution in [2.24, 2.45) is 5.92 Å². The van der Waals surface area contributed by atoms with Crippen LogP contribution in [0.25, 0.3) is 0 Å². The first-order valence-electron chi connectivity index (χ1n) is 9.55. The number of carbonyl (C=O) groups is 1. The molecular formula is C21H25FN2O4S. The maximum Gasteiger partial charge on any atom is 0.255 e. The molecule has 0 heterocycles. The second-order valence-corrected chi connectivity index (χ2v) is 9.28. The molecule has 0 radical (unpaired) electrons. The van der Waals surface area contributed by atoms with E-state index >= 15 is 0 Å². The average molecular weight is 421 g/mol. The Morgan fingerprint density at radius 1 is 1.17 bits per heavy atom. The SMILES string of the molecule is Cc1cc(NC(=O)c2cccc(S(=O)(=O)NC3C(C)CCCC3O)c2)ccc1F. The highest BCUT2D eigenvalue weighted by Gasteiger charge is 2.33. The van der Waals surface area contributed by atoms with Crippen molar-refractivity contribution in [1.82, 2.24) is 4.72 Å². The van der Waals surface area contributed by atoms with Crippen molar-refractivity contribution in [3.05, 3.63) is 59.4 Å². The molecule has 1 fully saturated rings. The monoisotopic (exact) mass is 420 g/mol. The van der Waals surface area contributed by atoms with Crippen LogP contribution in [0.4, 0.5) is 10.1 Å². The molecule has 0 saturated heterocycles. The molecule has 0 spiro atoms. The summed E-state index contributed by atoms with van der Waals surface area (Å²) in [6.07, 6.45) is 1.52. The van der Waals surface area contributed by atoms with E-state index in [0.29, 0.717) is 17.7 Å². The van der Waals surface area contributed by atoms with Crippen molar-refractivity contribution in [1.29, 1.82) is 0 Å². The van der Waals surface area contributed by atoms with Crippen LogP contribution in [0.3, 0.4) is 0 Å². The lowest BCUT2D eigenvalue weighted by Crippen LogP contribution is -2.49. The average Bonchev–Trinajstić information content (AvgIpc) is 2.68. The fourth-order valence-electron chi connectivity index (χ4n) is 3.56. The standard InChI is InChI=1S/C21H25FN2O4S/c1-13-5-3-8-19(25)20(13)24-29(27,28)17-7-4-6-15(12-17)21(26)23-16-9-10-18(22)14(2)11-16/h4,6-7,9-13,19-20,24-25H,3,5,8H2,1-2H3,(H,23,26). The molecule has 3 atom stereocenters. The maximum atomic E-state index is 13.4. The Hall–Kier alpha value is -2.29. The van der Waals surface area contributed by atoms with Gasteiger partial charge in [-0.2, -0.15) is 0 Å². The first-order valence-corrected chi connectivity index (χ1v) is 11.0. The second kappa shape index (κ2) is 8.61. The predicted molar refractivity (Wildman–Crippen MR) is 109 cm³/mol. The van der Waals surface area contributed by atoms with E-state index in [1.807, 2.05) is 6.92 Å². The highest BCUT2D eigenvalue weighted by atomic mass is 32.2. The van der Waals surface area contributed by atoms with Crippen LogP contribution >= 0.6 is 0 Å². The lowest BCUT2D eigenvalue weighted by molar-refractivity contribution is 0.0739. The highest BCUT2D eigenvalue weighted by molar-refractivity contribution is 7.89. The van der Waals surface area contributed by atoms with E-state index < -0.39 is 28.1 Å². The highest BCUT2D eigenvalue weighted by Crippen LogP contribution is 2.26. The molecule has 1 aliphatic rings. The first kappa shape index (κ1) is 21.4. The van der Waals surface area contributed by atoms with Crippen molar-refractivity contribution in [2.45, 2.75) is 50.2 Å². The minimum Gasteiger partial charge on any atom is -0.391 e. The normalized spacial score (nSPS) is 22.3. The summed E-state index contributed by atoms with van der Waals surface area (Å²) >= 11 is 0. The number of benzene rings is 2. The predicted octanol–water partition coefficient (Wildman–Crippen LogP) is 3.21. The van der Waals surface area contributed by atoms with Crippen molar-refractivity contribution in [3.8, 4) is 0 Å². The van der Waals surface area contributed by atoms with Crippen LogP contribution in [-0.4, -0.2) is 31.6 Å². The minimum atomic E-state index is -3.91. The fraction of sp³-hybridized carbons (Fsp3) is 0.381. The topological polar surface area (TPSA) is 95.5 Å². The zero-order chi connectivity index (χ0) is 21.2. The lowest BCUT2D eigenvalue weighted by atomic mass is 9.84. The Labute approximate surface area is 170 Å². The number of amides is 1. The Balaban J connectivity index is 1.78. The van der Waals surface area contributed by atoms with Gasteiger partial charge in [0.05, 0.1) is 17.0 Å². The number of aliphatic hydroxyl groups excluding tert-OH is 1. The Morgan fingerprint density at radius 3 is 2.62 bits per heavy atom. The summed E-state index contributed by atoms with van der Waals surface area (Å²) in [5.74, 6) is -0.859. The van der Waals surface area contributed by atoms with E-state index in [9.17, 15) is 22.7 Å². The molecule has 8 heteroatoms. The summed E-state index contributed by atoms with van der Waals surface area (Å²) in [5.41, 5.74) is 0.968. The molecule has 6 nitrogen and oxygen atoms in total. The van der Waals surface area contributed by atoms with Gasteiger partial charge in [-0.1, -0.05) is 19.4 Å². The molecule has 2 aromatic rings. The van der Waals surface area contributed by atoms with Gasteiger partial charge in [-0.3, -0.25) is 4.79 Å². The van der Waals surface area contributed by atoms with E-state index in [-0.39, 0.29) is 22.2 Å². The third-order valence-corrected chi connectivity index (χ3v) is 6.76. The summed E-state index contributed by atoms with van der Waals surface area (Å²) < 4.78 is 41.6. The molecule has 156 valence electrons. The fourth-order valence-corrected chi connectivity index (χ4v) is 4.98. The van der Waals surface area contributed by atoms with Crippen LogP contribution in [0.1, 0.15) is 42.1 Å². The van der Waals surface area contributed by atoms with Crippen LogP contribution < -0.4 is 10.0 Å². The molecule has 3 N–H and O–H groups in total. The number of anilines is 1. The van der Waals surface area contributed by atoms with Crippen LogP contribution in [0.2, 0.25) is 0 Å². The molecule has 0 aliphatic heterocycles. The summed E-state index contributed by atoms with van der Waals surface area (Å²) in [5, 5.41) is 12.8. The minimum absolute atomic E-state index is 0.0155. The van der Waals surface area contributed by atoms with Crippen LogP contribution in [0, 0.1) is 18.7 Å². The van der Waals surface area contributed by atoms with Crippen LogP contribution in [0.15, 0.2) is 47.4 Å². The van der Waals surface area contributed by atoms with Gasteiger partial charge in [-0.15, -0.1) is 0 Å². The van der Waals surface area contributed by atoms with Crippen molar-refractivity contribution in [3.63, 3.8) is 0 Å². The number of halogens is 1. The summed E-state index contributed by atoms with van der Waals surface area (Å²) in [6.45, 7) is 3.49. The number of hydrogen-bond acceptors (Lipinski definition) is 4. The van der Waals surface area contributed by atoms with Gasteiger partial charge in [0, 0.05) is 11.3 Å². The molecule has 3 unspecified atom stereocenters. The molecule has 1 saturated carbocycles. The summed E-state index contributed by atoms with van der Waals surface area (Å²) in [4.78, 5) is 12.5. The molecule has 0 aromatic heterocycles. The number of nitrogens with one attached hydrogen (secondary N) is 2. The van der Waals surface area contributed by atoms with Gasteiger partial charge in [0.1, 0.15) is 5.82 Å². The van der Waals surface area contributed by atoms with Gasteiger partial charge < -0.3 is 10.4 Å². The quantitative estimate of drug-likeness (QED) is 0.692. The molecule has 1 amide bonds. The third-order valence-electron chi connectivity index (χ3n) is 5.30. The summed E-state index contributed by atoms with van der Waals surface area (Å²) in [7, 11) is -3.91. The summed E-state index contributed by atoms with van der Waals surface area (Å²) in [6, 6.07) is 9.31. The second-order valence-electron chi connectivity index (χ2n) is 7.57. The number of aliphatic hydroxyl groups is 1. The molecule has 1 aliphatic carbocycles. The lowest BCUT2D eigenvalue weighted by Gasteiger charge is -2.33. The zero-order valence-electron chi connectivity index (χ0n) is 16.4. The number of rotatable bonds is 5. The van der Waals surface area contributed by atoms with E-state index in [4.69, 9.17) is 0 Å². The van der Waals surface area contributed by atoms with Gasteiger partial charge in [0.15, 0.2) is 0 Å². The number of hydrogen-bond donors (Lipinski definition) is 3. The van der Waals surface area contributed by atoms with Gasteiger partial charge in [-0.25, -0.2) is 17.5 Å². The van der Waals surface area contributed by atoms with Gasteiger partial charge in [0.2, 0.25) is 10.0 Å². The van der Waals surface area contributed by atoms with E-state index in [1.165, 1.54) is 42.5 Å². The Morgan fingerprint density at radius 2 is 1.93 bits per heavy atom. The van der Waals surface area contributed by atoms with Crippen molar-refractivity contribution in [2.75, 3.05) is 5.32 Å². The molecule has 2 aromatic carbocycles. The first-order chi connectivity index (χ1) is 13.7. The Bertz CT molecular complexity index is 999. The van der Waals surface area contributed by atoms with E-state index in [1.54, 1.807) is 6.92 Å². The van der Waals surface area contributed by atoms with Gasteiger partial charge >= 0.3 is 0 Å². The number of carbonyl (C=O) groups excluding carboxylic acids is 1. The largest absolute Gasteiger partial charge is 0.391 e. The smallest absolute Gasteiger partial charge is 0.255 e. The Kier molecular flexibility index (Phi) is 6.36. The molecule has 0 bridgehead atoms. The van der Waals surface area contributed by atoms with Gasteiger partial charge in [-0.05, 0) is 67.6 Å². The molecular weight excluding hydrogens is 395 g/mol. The third kappa shape index (κ3) is 5.01. The maximum absolute atomic E-state index is 13.4. The molecule has 3 rings (SSSR count). The number of aryl methyl sites for hydroxylation is 1. The van der Waals surface area contributed by atoms with E-state index in [2.05, 4.69) is 10.0 Å². The van der Waals surface area contributed by atoms with Crippen molar-refractivity contribution >= 4 is 21.6 Å². The van der Waals surface area contributed by atoms with Gasteiger partial charge in [0.25, 0.3) is 5.91 Å². The molecule has 29 heavy (non-hydrogen) atoms. The number of sulfonamides is 1.